The Morgan fingerprint density at radius 2 is 1.81 bits per heavy atom. The third-order valence-electron chi connectivity index (χ3n) is 8.04. The lowest BCUT2D eigenvalue weighted by Gasteiger charge is -2.44. The first-order chi connectivity index (χ1) is 20.2. The number of rotatable bonds is 5. The molecule has 3 heterocycles. The molecule has 2 aliphatic heterocycles. The second-order valence-corrected chi connectivity index (χ2v) is 12.1. The predicted molar refractivity (Wildman–Crippen MR) is 152 cm³/mol. The summed E-state index contributed by atoms with van der Waals surface area (Å²) < 4.78 is 74.5. The van der Waals surface area contributed by atoms with Crippen LogP contribution in [0.25, 0.3) is 22.0 Å². The van der Waals surface area contributed by atoms with E-state index in [1.807, 2.05) is 0 Å². The molecule has 0 aliphatic carbocycles. The molecule has 2 atom stereocenters. The number of alkyl halides is 3. The van der Waals surface area contributed by atoms with Gasteiger partial charge in [0.05, 0.1) is 24.3 Å². The maximum Gasteiger partial charge on any atom is 0.417 e. The van der Waals surface area contributed by atoms with Gasteiger partial charge in [-0.05, 0) is 38.1 Å². The summed E-state index contributed by atoms with van der Waals surface area (Å²) >= 11 is 0.845. The summed E-state index contributed by atoms with van der Waals surface area (Å²) in [5.41, 5.74) is -4.45. The van der Waals surface area contributed by atoms with Gasteiger partial charge in [0, 0.05) is 70.4 Å². The maximum atomic E-state index is 15.2. The van der Waals surface area contributed by atoms with Gasteiger partial charge >= 0.3 is 11.9 Å². The normalized spacial score (nSPS) is 20.3. The molecule has 2 aromatic carbocycles. The predicted octanol–water partition coefficient (Wildman–Crippen LogP) is 4.05. The van der Waals surface area contributed by atoms with Gasteiger partial charge in [-0.2, -0.15) is 18.2 Å². The Bertz CT molecular complexity index is 1660. The molecule has 1 fully saturated rings. The lowest BCUT2D eigenvalue weighted by Crippen LogP contribution is -2.58. The molecule has 0 saturated carbocycles. The largest absolute Gasteiger partial charge is 0.417 e. The van der Waals surface area contributed by atoms with E-state index in [0.717, 1.165) is 34.5 Å². The van der Waals surface area contributed by atoms with Gasteiger partial charge in [-0.15, -0.1) is 11.8 Å². The average molecular weight is 625 g/mol. The van der Waals surface area contributed by atoms with Crippen molar-refractivity contribution in [3.63, 3.8) is 0 Å². The van der Waals surface area contributed by atoms with Crippen LogP contribution in [0.15, 0.2) is 46.6 Å². The number of anilines is 1. The van der Waals surface area contributed by atoms with Crippen LogP contribution in [0.4, 0.5) is 27.8 Å². The number of carbonyl (C=O) groups excluding carboxylic acids is 1. The number of hydrogen-bond acceptors (Lipinski definition) is 7. The highest BCUT2D eigenvalue weighted by molar-refractivity contribution is 7.99. The van der Waals surface area contributed by atoms with Crippen LogP contribution in [0, 0.1) is 17.0 Å². The number of benzene rings is 2. The Morgan fingerprint density at radius 1 is 1.16 bits per heavy atom. The van der Waals surface area contributed by atoms with Crippen molar-refractivity contribution in [2.45, 2.75) is 43.5 Å². The number of hydrogen-bond donors (Lipinski definition) is 2. The number of halogens is 5. The monoisotopic (exact) mass is 624 g/mol. The fourth-order valence-electron chi connectivity index (χ4n) is 5.99. The quantitative estimate of drug-likeness (QED) is 0.327. The zero-order valence-electron chi connectivity index (χ0n) is 23.3. The van der Waals surface area contributed by atoms with E-state index >= 15 is 4.39 Å². The minimum atomic E-state index is -5.01. The van der Waals surface area contributed by atoms with Crippen LogP contribution in [-0.2, 0) is 17.5 Å². The number of aromatic nitrogens is 2. The molecule has 5 rings (SSSR count). The van der Waals surface area contributed by atoms with Crippen LogP contribution in [0.3, 0.4) is 0 Å². The summed E-state index contributed by atoms with van der Waals surface area (Å²) in [6.07, 6.45) is -3.83. The molecule has 0 bridgehead atoms. The third-order valence-corrected chi connectivity index (χ3v) is 9.48. The first-order valence-electron chi connectivity index (χ1n) is 13.4. The summed E-state index contributed by atoms with van der Waals surface area (Å²) in [5, 5.41) is 20.4. The molecule has 2 N–H and O–H groups in total. The van der Waals surface area contributed by atoms with E-state index in [9.17, 15) is 37.4 Å². The smallest absolute Gasteiger partial charge is 0.396 e. The number of aliphatic hydroxyl groups excluding tert-OH is 2. The highest BCUT2D eigenvalue weighted by atomic mass is 32.2. The Morgan fingerprint density at radius 3 is 2.37 bits per heavy atom. The average Bonchev–Trinajstić information content (AvgIpc) is 3.12. The summed E-state index contributed by atoms with van der Waals surface area (Å²) in [7, 11) is 0. The molecule has 0 spiro atoms. The molecule has 1 saturated heterocycles. The summed E-state index contributed by atoms with van der Waals surface area (Å²) in [6, 6.07) is 2.24. The van der Waals surface area contributed by atoms with Crippen LogP contribution >= 0.6 is 11.8 Å². The molecule has 8 nitrogen and oxygen atoms in total. The van der Waals surface area contributed by atoms with Crippen LogP contribution in [0.1, 0.15) is 19.4 Å². The van der Waals surface area contributed by atoms with Crippen LogP contribution in [0.5, 0.6) is 0 Å². The maximum absolute atomic E-state index is 15.2. The van der Waals surface area contributed by atoms with E-state index in [4.69, 9.17) is 0 Å². The number of thioether (sulfide) groups is 1. The van der Waals surface area contributed by atoms with Gasteiger partial charge < -0.3 is 20.0 Å². The minimum Gasteiger partial charge on any atom is -0.396 e. The highest BCUT2D eigenvalue weighted by Gasteiger charge is 2.42. The van der Waals surface area contributed by atoms with E-state index < -0.39 is 70.9 Å². The van der Waals surface area contributed by atoms with E-state index in [0.29, 0.717) is 6.07 Å². The molecule has 1 aromatic heterocycles. The minimum absolute atomic E-state index is 0.0282. The van der Waals surface area contributed by atoms with E-state index in [2.05, 4.69) is 11.6 Å². The molecular weight excluding hydrogens is 595 g/mol. The summed E-state index contributed by atoms with van der Waals surface area (Å²) in [6.45, 7) is 5.87. The second-order valence-electron chi connectivity index (χ2n) is 11.1. The molecule has 230 valence electrons. The van der Waals surface area contributed by atoms with Crippen molar-refractivity contribution in [2.24, 2.45) is 5.41 Å². The van der Waals surface area contributed by atoms with Crippen molar-refractivity contribution in [2.75, 3.05) is 37.0 Å². The zero-order valence-corrected chi connectivity index (χ0v) is 24.1. The zero-order chi connectivity index (χ0) is 31.4. The van der Waals surface area contributed by atoms with Crippen LogP contribution in [-0.4, -0.2) is 74.7 Å². The van der Waals surface area contributed by atoms with Gasteiger partial charge in [-0.3, -0.25) is 9.36 Å². The Labute approximate surface area is 247 Å². The van der Waals surface area contributed by atoms with E-state index in [-0.39, 0.29) is 52.9 Å². The van der Waals surface area contributed by atoms with Crippen molar-refractivity contribution < 1.29 is 37.0 Å². The van der Waals surface area contributed by atoms with Gasteiger partial charge in [0.15, 0.2) is 0 Å². The molecule has 0 radical (unpaired) electrons. The van der Waals surface area contributed by atoms with Gasteiger partial charge in [0.1, 0.15) is 17.5 Å². The van der Waals surface area contributed by atoms with Gasteiger partial charge in [-0.25, -0.2) is 13.6 Å². The lowest BCUT2D eigenvalue weighted by molar-refractivity contribution is -0.137. The summed E-state index contributed by atoms with van der Waals surface area (Å²) in [4.78, 5) is 33.4. The Hall–Kier alpha value is -3.49. The molecule has 0 unspecified atom stereocenters. The van der Waals surface area contributed by atoms with Crippen molar-refractivity contribution in [3.8, 4) is 11.1 Å². The van der Waals surface area contributed by atoms with Gasteiger partial charge in [-0.1, -0.05) is 6.58 Å². The number of nitrogens with zero attached hydrogens (tertiary/aromatic N) is 4. The highest BCUT2D eigenvalue weighted by Crippen LogP contribution is 2.50. The molecule has 1 amide bonds. The fourth-order valence-corrected chi connectivity index (χ4v) is 7.43. The van der Waals surface area contributed by atoms with Gasteiger partial charge in [0.2, 0.25) is 5.91 Å². The lowest BCUT2D eigenvalue weighted by atomic mass is 9.92. The fraction of sp³-hybridized carbons (Fsp3) is 0.414. The van der Waals surface area contributed by atoms with Crippen molar-refractivity contribution in [1.29, 1.82) is 0 Å². The van der Waals surface area contributed by atoms with Crippen molar-refractivity contribution in [3.05, 3.63) is 64.6 Å². The number of amides is 1. The van der Waals surface area contributed by atoms with E-state index in [1.54, 1.807) is 23.6 Å². The van der Waals surface area contributed by atoms with Crippen molar-refractivity contribution >= 4 is 34.4 Å². The number of piperazine rings is 1. The topological polar surface area (TPSA) is 98.9 Å². The molecular formula is C29H29F5N4O4S. The van der Waals surface area contributed by atoms with Crippen molar-refractivity contribution in [1.82, 2.24) is 14.5 Å². The molecule has 2 aliphatic rings. The van der Waals surface area contributed by atoms with Crippen LogP contribution in [0.2, 0.25) is 0 Å². The second kappa shape index (κ2) is 11.2. The van der Waals surface area contributed by atoms with Crippen LogP contribution < -0.4 is 10.6 Å². The first kappa shape index (κ1) is 31.0. The SMILES string of the molecule is C=CC(=O)N1[C@H](C)CN(c2nc(=O)n3c4c(c(-c5ccc(F)cc5F)c(C(F)(F)F)cc24)SCC(CO)(CO)C3)C[C@@H]1C. The van der Waals surface area contributed by atoms with E-state index in [1.165, 1.54) is 6.08 Å². The summed E-state index contributed by atoms with van der Waals surface area (Å²) in [5.74, 6) is -2.67. The Balaban J connectivity index is 1.86. The molecule has 43 heavy (non-hydrogen) atoms. The number of aliphatic hydroxyl groups is 2. The standard InChI is InChI=1S/C29H29F5N4O4S/c1-4-22(41)38-15(2)9-36(10-16(38)3)26-19-8-20(29(32,33)34)23(18-6-5-17(30)7-21(18)31)25-24(19)37(27(42)35-26)11-28(12-39,13-40)14-43-25/h4-8,15-16,39-40H,1,9-14H2,2-3H3/t15-,16+. The van der Waals surface area contributed by atoms with Gasteiger partial charge in [0.25, 0.3) is 0 Å². The Kier molecular flexibility index (Phi) is 8.07. The molecule has 3 aromatic rings. The first-order valence-corrected chi connectivity index (χ1v) is 14.4. The third kappa shape index (κ3) is 5.29. The number of carbonyl (C=O) groups is 1. The molecule has 14 heteroatoms.